The van der Waals surface area contributed by atoms with Crippen LogP contribution in [0.2, 0.25) is 0 Å². The fourth-order valence-corrected chi connectivity index (χ4v) is 3.46. The summed E-state index contributed by atoms with van der Waals surface area (Å²) in [4.78, 5) is 28.4. The molecule has 2 N–H and O–H groups in total. The van der Waals surface area contributed by atoms with E-state index in [1.807, 2.05) is 6.34 Å². The first kappa shape index (κ1) is 20.1. The van der Waals surface area contributed by atoms with Gasteiger partial charge < -0.3 is 20.0 Å². The second-order valence-corrected chi connectivity index (χ2v) is 6.70. The summed E-state index contributed by atoms with van der Waals surface area (Å²) in [7, 11) is 0. The lowest BCUT2D eigenvalue weighted by atomic mass is 10.1. The molecular weight excluding hydrogens is 370 g/mol. The Morgan fingerprint density at radius 3 is 2.28 bits per heavy atom. The Bertz CT molecular complexity index is 895. The summed E-state index contributed by atoms with van der Waals surface area (Å²) < 4.78 is 0. The van der Waals surface area contributed by atoms with Crippen LogP contribution in [0.5, 0.6) is 0 Å². The van der Waals surface area contributed by atoms with Gasteiger partial charge in [-0.1, -0.05) is 48.5 Å². The first-order chi connectivity index (χ1) is 14.0. The number of hydrogen-bond donors (Lipinski definition) is 2. The topological polar surface area (TPSA) is 93.4 Å². The van der Waals surface area contributed by atoms with Crippen molar-refractivity contribution in [2.45, 2.75) is 19.1 Å². The van der Waals surface area contributed by atoms with E-state index >= 15 is 0 Å². The molecule has 0 amide bonds. The number of rotatable bonds is 5. The van der Waals surface area contributed by atoms with Crippen LogP contribution in [0.4, 0.5) is 5.69 Å². The van der Waals surface area contributed by atoms with Crippen molar-refractivity contribution in [3.8, 4) is 0 Å². The smallest absolute Gasteiger partial charge is 0.328 e. The third-order valence-electron chi connectivity index (χ3n) is 4.73. The Hall–Kier alpha value is -3.61. The van der Waals surface area contributed by atoms with Gasteiger partial charge in [0.2, 0.25) is 0 Å². The van der Waals surface area contributed by atoms with E-state index < -0.39 is 11.9 Å². The van der Waals surface area contributed by atoms with Gasteiger partial charge in [0.1, 0.15) is 6.17 Å². The zero-order valence-electron chi connectivity index (χ0n) is 15.9. The number of benzene rings is 2. The second-order valence-electron chi connectivity index (χ2n) is 6.70. The van der Waals surface area contributed by atoms with E-state index in [0.717, 1.165) is 26.1 Å². The fraction of sp³-hybridized carbons (Fsp3) is 0.227. The van der Waals surface area contributed by atoms with E-state index in [4.69, 9.17) is 10.2 Å². The molecule has 2 heterocycles. The van der Waals surface area contributed by atoms with Gasteiger partial charge in [-0.2, -0.15) is 0 Å². The number of fused-ring (bicyclic) bond motifs is 1. The standard InChI is InChI=1S/C18H19N3.C4H4O4/c1-2-6-15(7-3-1)13-21-17-9-5-4-8-16(17)12-18(21)20-11-10-19-14-20;5-3(6)1-2-4(7)8/h1-9,14,18H,10-13H2;1-2H,(H,5,6)(H,7,8)/b;2-1+. The number of nitrogens with zero attached hydrogens (tertiary/aromatic N) is 3. The van der Waals surface area contributed by atoms with E-state index in [1.54, 1.807) is 0 Å². The summed E-state index contributed by atoms with van der Waals surface area (Å²) in [6.45, 7) is 2.91. The molecule has 0 aliphatic carbocycles. The molecule has 2 aromatic rings. The van der Waals surface area contributed by atoms with Crippen molar-refractivity contribution in [3.05, 3.63) is 77.9 Å². The Morgan fingerprint density at radius 1 is 1.00 bits per heavy atom. The zero-order chi connectivity index (χ0) is 20.6. The second kappa shape index (κ2) is 9.54. The number of aliphatic carboxylic acids is 2. The number of para-hydroxylation sites is 1. The molecule has 1 unspecified atom stereocenters. The van der Waals surface area contributed by atoms with Gasteiger partial charge >= 0.3 is 11.9 Å². The SMILES string of the molecule is C1=NCCN1C1Cc2ccccc2N1Cc1ccccc1.O=C(O)/C=C/C(=O)O. The summed E-state index contributed by atoms with van der Waals surface area (Å²) in [6.07, 6.45) is 4.61. The molecule has 29 heavy (non-hydrogen) atoms. The number of carbonyl (C=O) groups is 2. The molecule has 0 aromatic heterocycles. The van der Waals surface area contributed by atoms with Crippen LogP contribution in [-0.2, 0) is 22.6 Å². The number of anilines is 1. The van der Waals surface area contributed by atoms with Gasteiger partial charge in [0.25, 0.3) is 0 Å². The van der Waals surface area contributed by atoms with Gasteiger partial charge in [0.05, 0.1) is 12.9 Å². The lowest BCUT2D eigenvalue weighted by molar-refractivity contribution is -0.134. The summed E-state index contributed by atoms with van der Waals surface area (Å²) in [6, 6.07) is 19.5. The van der Waals surface area contributed by atoms with Crippen molar-refractivity contribution in [1.82, 2.24) is 4.90 Å². The number of carboxylic acids is 2. The maximum Gasteiger partial charge on any atom is 0.328 e. The van der Waals surface area contributed by atoms with Crippen molar-refractivity contribution in [2.24, 2.45) is 4.99 Å². The maximum absolute atomic E-state index is 9.55. The van der Waals surface area contributed by atoms with Crippen LogP contribution in [0.25, 0.3) is 0 Å². The molecule has 7 heteroatoms. The minimum Gasteiger partial charge on any atom is -0.478 e. The van der Waals surface area contributed by atoms with Crippen LogP contribution in [0, 0.1) is 0 Å². The maximum atomic E-state index is 9.55. The van der Waals surface area contributed by atoms with Crippen molar-refractivity contribution in [2.75, 3.05) is 18.0 Å². The van der Waals surface area contributed by atoms with E-state index in [1.165, 1.54) is 16.8 Å². The largest absolute Gasteiger partial charge is 0.478 e. The Labute approximate surface area is 169 Å². The van der Waals surface area contributed by atoms with Gasteiger partial charge in [0.15, 0.2) is 0 Å². The number of hydrogen-bond acceptors (Lipinski definition) is 5. The lowest BCUT2D eigenvalue weighted by Crippen LogP contribution is -2.45. The molecule has 7 nitrogen and oxygen atoms in total. The van der Waals surface area contributed by atoms with E-state index in [2.05, 4.69) is 69.4 Å². The average Bonchev–Trinajstić information content (AvgIpc) is 3.36. The molecule has 0 bridgehead atoms. The van der Waals surface area contributed by atoms with Crippen LogP contribution >= 0.6 is 0 Å². The highest BCUT2D eigenvalue weighted by molar-refractivity contribution is 5.89. The minimum absolute atomic E-state index is 0.397. The molecule has 0 spiro atoms. The molecule has 4 rings (SSSR count). The average molecular weight is 393 g/mol. The predicted octanol–water partition coefficient (Wildman–Crippen LogP) is 2.63. The lowest BCUT2D eigenvalue weighted by Gasteiger charge is -2.33. The van der Waals surface area contributed by atoms with Gasteiger partial charge in [-0.3, -0.25) is 4.99 Å². The van der Waals surface area contributed by atoms with Crippen LogP contribution in [0.15, 0.2) is 71.7 Å². The minimum atomic E-state index is -1.26. The molecule has 2 aromatic carbocycles. The van der Waals surface area contributed by atoms with Crippen LogP contribution in [0.3, 0.4) is 0 Å². The normalized spacial score (nSPS) is 17.2. The number of aliphatic imine (C=N–C) groups is 1. The third kappa shape index (κ3) is 5.44. The van der Waals surface area contributed by atoms with Gasteiger partial charge in [-0.05, 0) is 17.2 Å². The highest BCUT2D eigenvalue weighted by Gasteiger charge is 2.33. The van der Waals surface area contributed by atoms with E-state index in [-0.39, 0.29) is 0 Å². The monoisotopic (exact) mass is 393 g/mol. The molecule has 1 atom stereocenters. The Balaban J connectivity index is 0.000000258. The predicted molar refractivity (Wildman–Crippen MR) is 111 cm³/mol. The van der Waals surface area contributed by atoms with Crippen molar-refractivity contribution in [1.29, 1.82) is 0 Å². The van der Waals surface area contributed by atoms with E-state index in [0.29, 0.717) is 18.3 Å². The summed E-state index contributed by atoms with van der Waals surface area (Å²) >= 11 is 0. The van der Waals surface area contributed by atoms with Crippen LogP contribution in [0.1, 0.15) is 11.1 Å². The highest BCUT2D eigenvalue weighted by atomic mass is 16.4. The first-order valence-corrected chi connectivity index (χ1v) is 9.32. The van der Waals surface area contributed by atoms with Gasteiger partial charge in [-0.15, -0.1) is 0 Å². The van der Waals surface area contributed by atoms with Crippen molar-refractivity contribution in [3.63, 3.8) is 0 Å². The molecule has 0 saturated carbocycles. The molecule has 2 aliphatic heterocycles. The van der Waals surface area contributed by atoms with Gasteiger partial charge in [-0.25, -0.2) is 9.59 Å². The quantitative estimate of drug-likeness (QED) is 0.759. The fourth-order valence-electron chi connectivity index (χ4n) is 3.46. The Morgan fingerprint density at radius 2 is 1.66 bits per heavy atom. The third-order valence-corrected chi connectivity index (χ3v) is 4.73. The van der Waals surface area contributed by atoms with Gasteiger partial charge in [0, 0.05) is 37.3 Å². The van der Waals surface area contributed by atoms with Crippen LogP contribution in [-0.4, -0.2) is 52.6 Å². The van der Waals surface area contributed by atoms with Crippen molar-refractivity contribution < 1.29 is 19.8 Å². The Kier molecular flexibility index (Phi) is 6.63. The molecule has 0 radical (unpaired) electrons. The molecule has 0 saturated heterocycles. The molecule has 150 valence electrons. The van der Waals surface area contributed by atoms with Crippen molar-refractivity contribution >= 4 is 24.0 Å². The summed E-state index contributed by atoms with van der Waals surface area (Å²) in [5, 5.41) is 15.6. The molecular formula is C22H23N3O4. The molecule has 2 aliphatic rings. The number of carboxylic acid groups (broad SMARTS) is 2. The zero-order valence-corrected chi connectivity index (χ0v) is 15.9. The van der Waals surface area contributed by atoms with Crippen LogP contribution < -0.4 is 4.90 Å². The first-order valence-electron chi connectivity index (χ1n) is 9.32. The van der Waals surface area contributed by atoms with E-state index in [9.17, 15) is 9.59 Å². The summed E-state index contributed by atoms with van der Waals surface area (Å²) in [5.41, 5.74) is 4.17. The highest BCUT2D eigenvalue weighted by Crippen LogP contribution is 2.34. The summed E-state index contributed by atoms with van der Waals surface area (Å²) in [5.74, 6) is -2.51. The molecule has 0 fully saturated rings.